The van der Waals surface area contributed by atoms with Gasteiger partial charge in [0.15, 0.2) is 15.7 Å². The standard InChI is InChI=1S/C17H23N3O5S/c1-3-5-15-19-17(25-20-15)9-8-16(21)18-13-6-4-7-14(12-13)24-10-11-26(2,22)23/h4,6-7,12H,3,5,8-11H2,1-2H3,(H,18,21). The zero-order valence-corrected chi connectivity index (χ0v) is 15.7. The molecule has 0 atom stereocenters. The van der Waals surface area contributed by atoms with Crippen LogP contribution in [0.3, 0.4) is 0 Å². The zero-order chi connectivity index (χ0) is 19.0. The zero-order valence-electron chi connectivity index (χ0n) is 14.9. The van der Waals surface area contributed by atoms with Crippen molar-refractivity contribution < 1.29 is 22.5 Å². The number of hydrogen-bond donors (Lipinski definition) is 1. The van der Waals surface area contributed by atoms with E-state index in [1.165, 1.54) is 0 Å². The topological polar surface area (TPSA) is 111 Å². The molecule has 2 rings (SSSR count). The van der Waals surface area contributed by atoms with Gasteiger partial charge in [-0.3, -0.25) is 4.79 Å². The van der Waals surface area contributed by atoms with Crippen LogP contribution < -0.4 is 10.1 Å². The lowest BCUT2D eigenvalue weighted by atomic mass is 10.2. The number of carbonyl (C=O) groups excluding carboxylic acids is 1. The molecule has 1 N–H and O–H groups in total. The molecule has 0 spiro atoms. The number of ether oxygens (including phenoxy) is 1. The van der Waals surface area contributed by atoms with Gasteiger partial charge in [0.25, 0.3) is 0 Å². The molecule has 2 aromatic rings. The highest BCUT2D eigenvalue weighted by Gasteiger charge is 2.10. The largest absolute Gasteiger partial charge is 0.492 e. The van der Waals surface area contributed by atoms with Crippen molar-refractivity contribution in [1.82, 2.24) is 10.1 Å². The summed E-state index contributed by atoms with van der Waals surface area (Å²) in [6.07, 6.45) is 3.42. The van der Waals surface area contributed by atoms with Crippen molar-refractivity contribution >= 4 is 21.4 Å². The average Bonchev–Trinajstić information content (AvgIpc) is 3.00. The molecule has 0 aliphatic carbocycles. The summed E-state index contributed by atoms with van der Waals surface area (Å²) in [6, 6.07) is 6.80. The number of anilines is 1. The third-order valence-corrected chi connectivity index (χ3v) is 4.30. The lowest BCUT2D eigenvalue weighted by Crippen LogP contribution is -2.13. The molecular formula is C17H23N3O5S. The van der Waals surface area contributed by atoms with Gasteiger partial charge in [0.05, 0.1) is 5.75 Å². The molecule has 1 heterocycles. The van der Waals surface area contributed by atoms with Crippen molar-refractivity contribution in [3.8, 4) is 5.75 Å². The van der Waals surface area contributed by atoms with E-state index in [4.69, 9.17) is 9.26 Å². The number of aryl methyl sites for hydroxylation is 2. The molecule has 26 heavy (non-hydrogen) atoms. The van der Waals surface area contributed by atoms with E-state index >= 15 is 0 Å². The first kappa shape index (κ1) is 19.9. The van der Waals surface area contributed by atoms with E-state index in [9.17, 15) is 13.2 Å². The maximum Gasteiger partial charge on any atom is 0.227 e. The minimum absolute atomic E-state index is 0.0617. The van der Waals surface area contributed by atoms with Gasteiger partial charge in [0, 0.05) is 37.3 Å². The molecule has 1 aromatic carbocycles. The van der Waals surface area contributed by atoms with Crippen LogP contribution in [-0.4, -0.2) is 43.1 Å². The van der Waals surface area contributed by atoms with Gasteiger partial charge in [-0.15, -0.1) is 0 Å². The average molecular weight is 381 g/mol. The van der Waals surface area contributed by atoms with E-state index in [0.717, 1.165) is 19.1 Å². The van der Waals surface area contributed by atoms with E-state index in [1.54, 1.807) is 24.3 Å². The number of hydrogen-bond acceptors (Lipinski definition) is 7. The third kappa shape index (κ3) is 7.22. The van der Waals surface area contributed by atoms with Gasteiger partial charge in [0.1, 0.15) is 12.4 Å². The van der Waals surface area contributed by atoms with Gasteiger partial charge in [-0.05, 0) is 18.6 Å². The normalized spacial score (nSPS) is 11.3. The molecule has 0 unspecified atom stereocenters. The van der Waals surface area contributed by atoms with E-state index in [1.807, 2.05) is 6.92 Å². The fourth-order valence-corrected chi connectivity index (χ4v) is 2.52. The molecule has 0 saturated carbocycles. The molecule has 0 radical (unpaired) electrons. The molecule has 142 valence electrons. The minimum atomic E-state index is -3.07. The smallest absolute Gasteiger partial charge is 0.227 e. The molecule has 0 bridgehead atoms. The van der Waals surface area contributed by atoms with Gasteiger partial charge in [-0.2, -0.15) is 4.98 Å². The fraction of sp³-hybridized carbons (Fsp3) is 0.471. The molecule has 8 nitrogen and oxygen atoms in total. The van der Waals surface area contributed by atoms with Crippen molar-refractivity contribution in [3.05, 3.63) is 36.0 Å². The van der Waals surface area contributed by atoms with Crippen LogP contribution in [0.4, 0.5) is 5.69 Å². The molecule has 1 aromatic heterocycles. The summed E-state index contributed by atoms with van der Waals surface area (Å²) < 4.78 is 32.7. The monoisotopic (exact) mass is 381 g/mol. The summed E-state index contributed by atoms with van der Waals surface area (Å²) in [6.45, 7) is 2.09. The van der Waals surface area contributed by atoms with Crippen molar-refractivity contribution in [3.63, 3.8) is 0 Å². The Bertz CT molecular complexity index is 832. The van der Waals surface area contributed by atoms with Crippen LogP contribution in [0.1, 0.15) is 31.5 Å². The predicted molar refractivity (Wildman–Crippen MR) is 96.9 cm³/mol. The maximum absolute atomic E-state index is 12.1. The Morgan fingerprint density at radius 2 is 2.12 bits per heavy atom. The van der Waals surface area contributed by atoms with Crippen LogP contribution in [0, 0.1) is 0 Å². The Labute approximate surface area is 152 Å². The number of amides is 1. The molecule has 0 fully saturated rings. The van der Waals surface area contributed by atoms with E-state index < -0.39 is 9.84 Å². The highest BCUT2D eigenvalue weighted by molar-refractivity contribution is 7.90. The van der Waals surface area contributed by atoms with Crippen LogP contribution in [0.5, 0.6) is 5.75 Å². The van der Waals surface area contributed by atoms with Crippen LogP contribution in [0.2, 0.25) is 0 Å². The van der Waals surface area contributed by atoms with Crippen molar-refractivity contribution in [1.29, 1.82) is 0 Å². The Balaban J connectivity index is 1.81. The highest BCUT2D eigenvalue weighted by atomic mass is 32.2. The van der Waals surface area contributed by atoms with Crippen LogP contribution in [0.25, 0.3) is 0 Å². The predicted octanol–water partition coefficient (Wildman–Crippen LogP) is 2.02. The van der Waals surface area contributed by atoms with Crippen LogP contribution >= 0.6 is 0 Å². The number of rotatable bonds is 10. The van der Waals surface area contributed by atoms with Crippen molar-refractivity contribution in [2.24, 2.45) is 0 Å². The SMILES string of the molecule is CCCc1noc(CCC(=O)Nc2cccc(OCCS(C)(=O)=O)c2)n1. The minimum Gasteiger partial charge on any atom is -0.492 e. The number of aromatic nitrogens is 2. The summed E-state index contributed by atoms with van der Waals surface area (Å²) in [7, 11) is -3.07. The summed E-state index contributed by atoms with van der Waals surface area (Å²) in [4.78, 5) is 16.3. The Morgan fingerprint density at radius 3 is 2.85 bits per heavy atom. The quantitative estimate of drug-likeness (QED) is 0.670. The van der Waals surface area contributed by atoms with E-state index in [-0.39, 0.29) is 24.7 Å². The number of nitrogens with one attached hydrogen (secondary N) is 1. The molecule has 9 heteroatoms. The van der Waals surface area contributed by atoms with Crippen molar-refractivity contribution in [2.75, 3.05) is 23.9 Å². The number of sulfone groups is 1. The molecule has 0 saturated heterocycles. The summed E-state index contributed by atoms with van der Waals surface area (Å²) in [5.41, 5.74) is 0.573. The Hall–Kier alpha value is -2.42. The highest BCUT2D eigenvalue weighted by Crippen LogP contribution is 2.18. The Kier molecular flexibility index (Phi) is 7.14. The van der Waals surface area contributed by atoms with Crippen molar-refractivity contribution in [2.45, 2.75) is 32.6 Å². The van der Waals surface area contributed by atoms with E-state index in [2.05, 4.69) is 15.5 Å². The fourth-order valence-electron chi connectivity index (χ4n) is 2.14. The molecule has 0 aliphatic rings. The second kappa shape index (κ2) is 9.33. The van der Waals surface area contributed by atoms with E-state index in [0.29, 0.717) is 29.6 Å². The lowest BCUT2D eigenvalue weighted by Gasteiger charge is -2.08. The first-order valence-electron chi connectivity index (χ1n) is 8.37. The summed E-state index contributed by atoms with van der Waals surface area (Å²) in [5.74, 6) is 1.35. The number of carbonyl (C=O) groups is 1. The van der Waals surface area contributed by atoms with Gasteiger partial charge >= 0.3 is 0 Å². The third-order valence-electron chi connectivity index (χ3n) is 3.39. The molecule has 0 aliphatic heterocycles. The molecular weight excluding hydrogens is 358 g/mol. The second-order valence-electron chi connectivity index (χ2n) is 5.91. The maximum atomic E-state index is 12.1. The number of nitrogens with zero attached hydrogens (tertiary/aromatic N) is 2. The summed E-state index contributed by atoms with van der Waals surface area (Å²) >= 11 is 0. The van der Waals surface area contributed by atoms with Crippen LogP contribution in [-0.2, 0) is 27.5 Å². The van der Waals surface area contributed by atoms with Crippen LogP contribution in [0.15, 0.2) is 28.8 Å². The van der Waals surface area contributed by atoms with Gasteiger partial charge in [-0.25, -0.2) is 8.42 Å². The second-order valence-corrected chi connectivity index (χ2v) is 8.17. The lowest BCUT2D eigenvalue weighted by molar-refractivity contribution is -0.116. The first-order valence-corrected chi connectivity index (χ1v) is 10.4. The molecule has 1 amide bonds. The summed E-state index contributed by atoms with van der Waals surface area (Å²) in [5, 5.41) is 6.61. The van der Waals surface area contributed by atoms with Gasteiger partial charge < -0.3 is 14.6 Å². The first-order chi connectivity index (χ1) is 12.4. The van der Waals surface area contributed by atoms with Gasteiger partial charge in [0.2, 0.25) is 11.8 Å². The van der Waals surface area contributed by atoms with Gasteiger partial charge in [-0.1, -0.05) is 18.1 Å². The Morgan fingerprint density at radius 1 is 1.31 bits per heavy atom. The number of benzene rings is 1.